The van der Waals surface area contributed by atoms with Gasteiger partial charge in [0.2, 0.25) is 0 Å². The number of carbonyl (C=O) groups is 1. The SMILES string of the molecule is Cc1ccc([C@H](C)NC(=O)c2ccc3[nH]c(=O)n([C@H](C)C(C)(C)C)c3c2)nc1. The first-order valence-corrected chi connectivity index (χ1v) is 9.55. The first-order chi connectivity index (χ1) is 13.1. The van der Waals surface area contributed by atoms with Crippen molar-refractivity contribution in [2.45, 2.75) is 53.6 Å². The molecular weight excluding hydrogens is 352 g/mol. The number of fused-ring (bicyclic) bond motifs is 1. The minimum absolute atomic E-state index is 0.0252. The van der Waals surface area contributed by atoms with E-state index in [1.165, 1.54) is 0 Å². The molecule has 3 aromatic rings. The molecule has 3 rings (SSSR count). The number of H-pyrrole nitrogens is 1. The summed E-state index contributed by atoms with van der Waals surface area (Å²) in [4.78, 5) is 32.5. The minimum Gasteiger partial charge on any atom is -0.344 e. The largest absolute Gasteiger partial charge is 0.344 e. The van der Waals surface area contributed by atoms with E-state index < -0.39 is 0 Å². The maximum absolute atomic E-state index is 12.8. The lowest BCUT2D eigenvalue weighted by Crippen LogP contribution is -2.29. The number of nitrogens with one attached hydrogen (secondary N) is 2. The van der Waals surface area contributed by atoms with E-state index in [1.807, 2.05) is 32.9 Å². The normalized spacial score (nSPS) is 14.1. The molecule has 1 amide bonds. The number of hydrogen-bond donors (Lipinski definition) is 2. The highest BCUT2D eigenvalue weighted by Crippen LogP contribution is 2.31. The summed E-state index contributed by atoms with van der Waals surface area (Å²) < 4.78 is 1.73. The number of carbonyl (C=O) groups excluding carboxylic acids is 1. The summed E-state index contributed by atoms with van der Waals surface area (Å²) in [6.07, 6.45) is 1.79. The van der Waals surface area contributed by atoms with Crippen molar-refractivity contribution in [1.29, 1.82) is 0 Å². The Hall–Kier alpha value is -2.89. The van der Waals surface area contributed by atoms with Crippen LogP contribution in [-0.2, 0) is 0 Å². The predicted octanol–water partition coefficient (Wildman–Crippen LogP) is 4.13. The van der Waals surface area contributed by atoms with Gasteiger partial charge in [-0.3, -0.25) is 14.3 Å². The van der Waals surface area contributed by atoms with Crippen LogP contribution in [-0.4, -0.2) is 20.4 Å². The molecule has 28 heavy (non-hydrogen) atoms. The lowest BCUT2D eigenvalue weighted by molar-refractivity contribution is 0.0939. The Morgan fingerprint density at radius 3 is 2.50 bits per heavy atom. The van der Waals surface area contributed by atoms with Crippen LogP contribution in [0.25, 0.3) is 11.0 Å². The van der Waals surface area contributed by atoms with E-state index in [9.17, 15) is 9.59 Å². The van der Waals surface area contributed by atoms with Crippen LogP contribution >= 0.6 is 0 Å². The second-order valence-electron chi connectivity index (χ2n) is 8.53. The van der Waals surface area contributed by atoms with E-state index in [4.69, 9.17) is 0 Å². The first kappa shape index (κ1) is 19.9. The molecule has 0 saturated heterocycles. The fraction of sp³-hybridized carbons (Fsp3) is 0.409. The van der Waals surface area contributed by atoms with Crippen molar-refractivity contribution < 1.29 is 4.79 Å². The molecule has 0 bridgehead atoms. The van der Waals surface area contributed by atoms with Gasteiger partial charge in [-0.05, 0) is 56.0 Å². The van der Waals surface area contributed by atoms with Crippen LogP contribution < -0.4 is 11.0 Å². The number of aryl methyl sites for hydroxylation is 1. The molecule has 0 spiro atoms. The zero-order valence-corrected chi connectivity index (χ0v) is 17.3. The molecular formula is C22H28N4O2. The van der Waals surface area contributed by atoms with Crippen LogP contribution in [0.15, 0.2) is 41.3 Å². The molecule has 2 heterocycles. The van der Waals surface area contributed by atoms with E-state index in [1.54, 1.807) is 29.0 Å². The second kappa shape index (κ2) is 7.26. The fourth-order valence-corrected chi connectivity index (χ4v) is 3.12. The molecule has 0 aliphatic heterocycles. The van der Waals surface area contributed by atoms with Crippen molar-refractivity contribution in [3.8, 4) is 0 Å². The Bertz CT molecular complexity index is 1050. The Kier molecular flexibility index (Phi) is 5.15. The molecule has 0 unspecified atom stereocenters. The Morgan fingerprint density at radius 2 is 1.89 bits per heavy atom. The van der Waals surface area contributed by atoms with E-state index in [0.29, 0.717) is 5.56 Å². The third-order valence-corrected chi connectivity index (χ3v) is 5.35. The Morgan fingerprint density at radius 1 is 1.18 bits per heavy atom. The van der Waals surface area contributed by atoms with E-state index in [2.05, 4.69) is 36.1 Å². The summed E-state index contributed by atoms with van der Waals surface area (Å²) in [6.45, 7) is 12.2. The maximum Gasteiger partial charge on any atom is 0.326 e. The van der Waals surface area contributed by atoms with Gasteiger partial charge < -0.3 is 10.3 Å². The highest BCUT2D eigenvalue weighted by Gasteiger charge is 2.25. The van der Waals surface area contributed by atoms with Gasteiger partial charge in [0.15, 0.2) is 0 Å². The van der Waals surface area contributed by atoms with Crippen molar-refractivity contribution in [3.05, 3.63) is 63.8 Å². The highest BCUT2D eigenvalue weighted by atomic mass is 16.2. The number of benzene rings is 1. The predicted molar refractivity (Wildman–Crippen MR) is 112 cm³/mol. The van der Waals surface area contributed by atoms with Crippen molar-refractivity contribution in [2.24, 2.45) is 5.41 Å². The number of nitrogens with zero attached hydrogens (tertiary/aromatic N) is 2. The van der Waals surface area contributed by atoms with Gasteiger partial charge in [-0.25, -0.2) is 4.79 Å². The summed E-state index contributed by atoms with van der Waals surface area (Å²) >= 11 is 0. The molecule has 0 aliphatic rings. The summed E-state index contributed by atoms with van der Waals surface area (Å²) in [5, 5.41) is 2.98. The van der Waals surface area contributed by atoms with Crippen molar-refractivity contribution in [1.82, 2.24) is 19.9 Å². The van der Waals surface area contributed by atoms with Crippen molar-refractivity contribution in [2.75, 3.05) is 0 Å². The quantitative estimate of drug-likeness (QED) is 0.714. The molecule has 148 valence electrons. The zero-order valence-electron chi connectivity index (χ0n) is 17.3. The van der Waals surface area contributed by atoms with Gasteiger partial charge in [0.1, 0.15) is 0 Å². The number of imidazole rings is 1. The summed E-state index contributed by atoms with van der Waals surface area (Å²) in [5.41, 5.74) is 3.61. The molecule has 2 N–H and O–H groups in total. The summed E-state index contributed by atoms with van der Waals surface area (Å²) in [6, 6.07) is 8.94. The van der Waals surface area contributed by atoms with E-state index >= 15 is 0 Å². The number of aromatic nitrogens is 3. The average molecular weight is 380 g/mol. The zero-order chi connectivity index (χ0) is 20.6. The van der Waals surface area contributed by atoms with Crippen LogP contribution in [0.3, 0.4) is 0 Å². The Balaban J connectivity index is 1.92. The topological polar surface area (TPSA) is 79.8 Å². The van der Waals surface area contributed by atoms with Gasteiger partial charge >= 0.3 is 5.69 Å². The minimum atomic E-state index is -0.217. The molecule has 2 aromatic heterocycles. The molecule has 0 aliphatic carbocycles. The maximum atomic E-state index is 12.8. The molecule has 6 nitrogen and oxygen atoms in total. The van der Waals surface area contributed by atoms with Gasteiger partial charge in [0.25, 0.3) is 5.91 Å². The summed E-state index contributed by atoms with van der Waals surface area (Å²) in [5.74, 6) is -0.194. The molecule has 1 aromatic carbocycles. The van der Waals surface area contributed by atoms with E-state index in [0.717, 1.165) is 22.3 Å². The van der Waals surface area contributed by atoms with Gasteiger partial charge in [-0.2, -0.15) is 0 Å². The standard InChI is InChI=1S/C22H28N4O2/c1-13-7-9-17(23-12-13)14(2)24-20(27)16-8-10-18-19(11-16)26(21(28)25-18)15(3)22(4,5)6/h7-12,14-15H,1-6H3,(H,24,27)(H,25,28)/t14-,15+/m0/s1. The number of hydrogen-bond acceptors (Lipinski definition) is 3. The molecule has 0 saturated carbocycles. The van der Waals surface area contributed by atoms with Crippen molar-refractivity contribution >= 4 is 16.9 Å². The smallest absolute Gasteiger partial charge is 0.326 e. The number of rotatable bonds is 4. The Labute approximate surface area is 165 Å². The third-order valence-electron chi connectivity index (χ3n) is 5.35. The number of pyridine rings is 1. The number of aromatic amines is 1. The lowest BCUT2D eigenvalue weighted by atomic mass is 9.88. The first-order valence-electron chi connectivity index (χ1n) is 9.55. The van der Waals surface area contributed by atoms with Crippen LogP contribution in [0.5, 0.6) is 0 Å². The van der Waals surface area contributed by atoms with Crippen LogP contribution in [0, 0.1) is 12.3 Å². The number of amides is 1. The highest BCUT2D eigenvalue weighted by molar-refractivity contribution is 5.97. The van der Waals surface area contributed by atoms with E-state index in [-0.39, 0.29) is 29.1 Å². The molecule has 2 atom stereocenters. The van der Waals surface area contributed by atoms with Crippen LogP contribution in [0.1, 0.15) is 68.3 Å². The summed E-state index contributed by atoms with van der Waals surface area (Å²) in [7, 11) is 0. The van der Waals surface area contributed by atoms with Crippen LogP contribution in [0.4, 0.5) is 0 Å². The monoisotopic (exact) mass is 380 g/mol. The lowest BCUT2D eigenvalue weighted by Gasteiger charge is -2.28. The van der Waals surface area contributed by atoms with Crippen LogP contribution in [0.2, 0.25) is 0 Å². The van der Waals surface area contributed by atoms with Crippen molar-refractivity contribution in [3.63, 3.8) is 0 Å². The third kappa shape index (κ3) is 3.86. The molecule has 0 fully saturated rings. The molecule has 6 heteroatoms. The molecule has 0 radical (unpaired) electrons. The van der Waals surface area contributed by atoms with Gasteiger partial charge in [-0.1, -0.05) is 26.8 Å². The fourth-order valence-electron chi connectivity index (χ4n) is 3.12. The van der Waals surface area contributed by atoms with Gasteiger partial charge in [0, 0.05) is 17.8 Å². The van der Waals surface area contributed by atoms with Gasteiger partial charge in [0.05, 0.1) is 22.8 Å². The average Bonchev–Trinajstić information content (AvgIpc) is 2.95. The second-order valence-corrected chi connectivity index (χ2v) is 8.53. The van der Waals surface area contributed by atoms with Gasteiger partial charge in [-0.15, -0.1) is 0 Å².